The molecule has 0 fully saturated rings. The van der Waals surface area contributed by atoms with Crippen molar-refractivity contribution in [2.24, 2.45) is 5.73 Å². The fourth-order valence-corrected chi connectivity index (χ4v) is 4.95. The Balaban J connectivity index is 3.10. The van der Waals surface area contributed by atoms with Gasteiger partial charge in [-0.2, -0.15) is 4.31 Å². The first-order valence-electron chi connectivity index (χ1n) is 8.62. The summed E-state index contributed by atoms with van der Waals surface area (Å²) >= 11 is 0. The van der Waals surface area contributed by atoms with Gasteiger partial charge in [0.1, 0.15) is 0 Å². The second-order valence-corrected chi connectivity index (χ2v) is 8.21. The summed E-state index contributed by atoms with van der Waals surface area (Å²) in [6.45, 7) is 9.64. The number of hydrogen-bond donors (Lipinski definition) is 1. The van der Waals surface area contributed by atoms with Gasteiger partial charge >= 0.3 is 0 Å². The highest BCUT2D eigenvalue weighted by Gasteiger charge is 2.27. The average molecular weight is 341 g/mol. The molecule has 0 aliphatic rings. The fraction of sp³-hybridized carbons (Fsp3) is 0.667. The average Bonchev–Trinajstić information content (AvgIpc) is 2.44. The molecule has 0 aliphatic heterocycles. The molecule has 0 amide bonds. The number of benzene rings is 1. The summed E-state index contributed by atoms with van der Waals surface area (Å²) in [7, 11) is -3.45. The summed E-state index contributed by atoms with van der Waals surface area (Å²) in [5, 5.41) is 0. The molecule has 0 aliphatic carbocycles. The number of aryl methyl sites for hydroxylation is 3. The van der Waals surface area contributed by atoms with Crippen molar-refractivity contribution < 1.29 is 8.42 Å². The van der Waals surface area contributed by atoms with Crippen molar-refractivity contribution in [2.75, 3.05) is 19.6 Å². The first-order valence-corrected chi connectivity index (χ1v) is 10.1. The maximum atomic E-state index is 13.2. The molecule has 0 unspecified atom stereocenters. The minimum Gasteiger partial charge on any atom is -0.330 e. The minimum absolute atomic E-state index is 0.479. The molecular weight excluding hydrogens is 308 g/mol. The number of unbranched alkanes of at least 4 members (excludes halogenated alkanes) is 3. The second-order valence-electron chi connectivity index (χ2n) is 6.33. The number of rotatable bonds is 10. The summed E-state index contributed by atoms with van der Waals surface area (Å²) in [5.41, 5.74) is 8.32. The van der Waals surface area contributed by atoms with Crippen LogP contribution in [0.3, 0.4) is 0 Å². The van der Waals surface area contributed by atoms with Gasteiger partial charge in [-0.3, -0.25) is 0 Å². The molecule has 0 heterocycles. The zero-order valence-corrected chi connectivity index (χ0v) is 15.9. The van der Waals surface area contributed by atoms with E-state index in [1.807, 2.05) is 32.9 Å². The third-order valence-corrected chi connectivity index (χ3v) is 6.28. The number of sulfonamides is 1. The van der Waals surface area contributed by atoms with Gasteiger partial charge in [-0.25, -0.2) is 8.42 Å². The Labute approximate surface area is 142 Å². The van der Waals surface area contributed by atoms with Crippen LogP contribution in [-0.2, 0) is 10.0 Å². The molecule has 2 N–H and O–H groups in total. The molecule has 0 bridgehead atoms. The van der Waals surface area contributed by atoms with E-state index in [1.165, 1.54) is 0 Å². The molecule has 0 radical (unpaired) electrons. The SMILES string of the molecule is CCCCCN(CCCCN)S(=O)(=O)c1c(C)cc(C)cc1C. The molecule has 0 saturated carbocycles. The van der Waals surface area contributed by atoms with Crippen molar-refractivity contribution >= 4 is 10.0 Å². The fourth-order valence-electron chi connectivity index (χ4n) is 3.03. The van der Waals surface area contributed by atoms with Crippen molar-refractivity contribution in [1.82, 2.24) is 4.31 Å². The quantitative estimate of drug-likeness (QED) is 0.663. The van der Waals surface area contributed by atoms with Crippen molar-refractivity contribution in [3.05, 3.63) is 28.8 Å². The van der Waals surface area contributed by atoms with E-state index < -0.39 is 10.0 Å². The molecular formula is C18H32N2O2S. The van der Waals surface area contributed by atoms with Crippen molar-refractivity contribution in [3.63, 3.8) is 0 Å². The summed E-state index contributed by atoms with van der Waals surface area (Å²) in [6.07, 6.45) is 4.70. The van der Waals surface area contributed by atoms with Crippen LogP contribution in [0.2, 0.25) is 0 Å². The highest BCUT2D eigenvalue weighted by atomic mass is 32.2. The van der Waals surface area contributed by atoms with E-state index in [2.05, 4.69) is 6.92 Å². The van der Waals surface area contributed by atoms with Crippen molar-refractivity contribution in [3.8, 4) is 0 Å². The monoisotopic (exact) mass is 340 g/mol. The van der Waals surface area contributed by atoms with Crippen LogP contribution in [0.25, 0.3) is 0 Å². The number of nitrogens with zero attached hydrogens (tertiary/aromatic N) is 1. The Hall–Kier alpha value is -0.910. The summed E-state index contributed by atoms with van der Waals surface area (Å²) in [5.74, 6) is 0. The van der Waals surface area contributed by atoms with Gasteiger partial charge in [0.2, 0.25) is 10.0 Å². The molecule has 0 aromatic heterocycles. The van der Waals surface area contributed by atoms with E-state index >= 15 is 0 Å². The van der Waals surface area contributed by atoms with Crippen LogP contribution in [0.15, 0.2) is 17.0 Å². The Kier molecular flexibility index (Phi) is 8.23. The number of nitrogens with two attached hydrogens (primary N) is 1. The third-order valence-electron chi connectivity index (χ3n) is 4.08. The van der Waals surface area contributed by atoms with Crippen molar-refractivity contribution in [1.29, 1.82) is 0 Å². The minimum atomic E-state index is -3.45. The lowest BCUT2D eigenvalue weighted by atomic mass is 10.1. The van der Waals surface area contributed by atoms with Gasteiger partial charge in [-0.05, 0) is 57.7 Å². The van der Waals surface area contributed by atoms with E-state index in [0.717, 1.165) is 48.8 Å². The second kappa shape index (κ2) is 9.40. The van der Waals surface area contributed by atoms with E-state index in [1.54, 1.807) is 4.31 Å². The van der Waals surface area contributed by atoms with Gasteiger partial charge < -0.3 is 5.73 Å². The van der Waals surface area contributed by atoms with Gasteiger partial charge in [-0.15, -0.1) is 0 Å². The zero-order chi connectivity index (χ0) is 17.5. The van der Waals surface area contributed by atoms with Crippen molar-refractivity contribution in [2.45, 2.75) is 64.7 Å². The number of hydrogen-bond acceptors (Lipinski definition) is 3. The lowest BCUT2D eigenvalue weighted by Crippen LogP contribution is -2.34. The summed E-state index contributed by atoms with van der Waals surface area (Å²) in [6, 6.07) is 3.90. The van der Waals surface area contributed by atoms with Crippen LogP contribution in [-0.4, -0.2) is 32.4 Å². The van der Waals surface area contributed by atoms with Crippen LogP contribution >= 0.6 is 0 Å². The standard InChI is InChI=1S/C18H32N2O2S/c1-5-6-8-11-20(12-9-7-10-19)23(21,22)18-16(3)13-15(2)14-17(18)4/h13-14H,5-12,19H2,1-4H3. The topological polar surface area (TPSA) is 63.4 Å². The lowest BCUT2D eigenvalue weighted by molar-refractivity contribution is 0.390. The van der Waals surface area contributed by atoms with Crippen LogP contribution in [0.5, 0.6) is 0 Å². The zero-order valence-electron chi connectivity index (χ0n) is 15.1. The molecule has 1 rings (SSSR count). The maximum Gasteiger partial charge on any atom is 0.243 e. The molecule has 0 atom stereocenters. The molecule has 0 spiro atoms. The van der Waals surface area contributed by atoms with Crippen LogP contribution in [0.1, 0.15) is 55.7 Å². The van der Waals surface area contributed by atoms with Crippen LogP contribution < -0.4 is 5.73 Å². The molecule has 132 valence electrons. The largest absolute Gasteiger partial charge is 0.330 e. The third kappa shape index (κ3) is 5.59. The molecule has 23 heavy (non-hydrogen) atoms. The van der Waals surface area contributed by atoms with E-state index in [4.69, 9.17) is 5.73 Å². The first-order chi connectivity index (χ1) is 10.8. The van der Waals surface area contributed by atoms with Gasteiger partial charge in [0.15, 0.2) is 0 Å². The summed E-state index contributed by atoms with van der Waals surface area (Å²) < 4.78 is 28.0. The first kappa shape index (κ1) is 20.1. The Morgan fingerprint density at radius 3 is 1.96 bits per heavy atom. The Bertz CT molecular complexity index is 564. The molecule has 4 nitrogen and oxygen atoms in total. The van der Waals surface area contributed by atoms with Crippen LogP contribution in [0.4, 0.5) is 0 Å². The van der Waals surface area contributed by atoms with E-state index in [9.17, 15) is 8.42 Å². The van der Waals surface area contributed by atoms with Crippen LogP contribution in [0, 0.1) is 20.8 Å². The van der Waals surface area contributed by atoms with Gasteiger partial charge in [-0.1, -0.05) is 37.5 Å². The Morgan fingerprint density at radius 1 is 0.957 bits per heavy atom. The predicted molar refractivity (Wildman–Crippen MR) is 97.2 cm³/mol. The van der Waals surface area contributed by atoms with Gasteiger partial charge in [0, 0.05) is 13.1 Å². The summed E-state index contributed by atoms with van der Waals surface area (Å²) in [4.78, 5) is 0.479. The highest BCUT2D eigenvalue weighted by molar-refractivity contribution is 7.89. The van der Waals surface area contributed by atoms with E-state index in [0.29, 0.717) is 24.5 Å². The highest BCUT2D eigenvalue weighted by Crippen LogP contribution is 2.26. The van der Waals surface area contributed by atoms with Gasteiger partial charge in [0.05, 0.1) is 4.90 Å². The van der Waals surface area contributed by atoms with Gasteiger partial charge in [0.25, 0.3) is 0 Å². The molecule has 1 aromatic carbocycles. The molecule has 0 saturated heterocycles. The predicted octanol–water partition coefficient (Wildman–Crippen LogP) is 3.53. The molecule has 1 aromatic rings. The Morgan fingerprint density at radius 2 is 1.48 bits per heavy atom. The van der Waals surface area contributed by atoms with E-state index in [-0.39, 0.29) is 0 Å². The smallest absolute Gasteiger partial charge is 0.243 e. The maximum absolute atomic E-state index is 13.2. The molecule has 5 heteroatoms. The normalized spacial score (nSPS) is 12.1. The lowest BCUT2D eigenvalue weighted by Gasteiger charge is -2.24.